The van der Waals surface area contributed by atoms with Gasteiger partial charge < -0.3 is 24.8 Å². The van der Waals surface area contributed by atoms with Crippen molar-refractivity contribution in [3.63, 3.8) is 0 Å². The van der Waals surface area contributed by atoms with Gasteiger partial charge in [0.2, 0.25) is 0 Å². The standard InChI is InChI=1S/C16H22N2O4.ClH/c1-20-12-5-6-18(11(9-12)10-17)16(19)13-3-2-4-14-15(13)22-8-7-21-14;/h2-4,11-12H,5-10,17H2,1H3;1H. The van der Waals surface area contributed by atoms with Gasteiger partial charge in [0.1, 0.15) is 13.2 Å². The Hall–Kier alpha value is -1.50. The van der Waals surface area contributed by atoms with Gasteiger partial charge in [0, 0.05) is 26.2 Å². The molecule has 0 saturated carbocycles. The Labute approximate surface area is 142 Å². The Morgan fingerprint density at radius 2 is 2.17 bits per heavy atom. The molecule has 1 saturated heterocycles. The van der Waals surface area contributed by atoms with E-state index in [2.05, 4.69) is 0 Å². The van der Waals surface area contributed by atoms with Crippen molar-refractivity contribution in [3.8, 4) is 11.5 Å². The minimum absolute atomic E-state index is 0. The minimum Gasteiger partial charge on any atom is -0.486 e. The Bertz CT molecular complexity index is 555. The van der Waals surface area contributed by atoms with Gasteiger partial charge in [-0.1, -0.05) is 6.07 Å². The average Bonchev–Trinajstić information content (AvgIpc) is 2.60. The Balaban J connectivity index is 0.00000192. The van der Waals surface area contributed by atoms with Crippen LogP contribution in [0, 0.1) is 0 Å². The van der Waals surface area contributed by atoms with Crippen molar-refractivity contribution in [1.29, 1.82) is 0 Å². The SMILES string of the molecule is COC1CCN(C(=O)c2cccc3c2OCCO3)C(CN)C1.Cl. The van der Waals surface area contributed by atoms with Crippen LogP contribution in [0.3, 0.4) is 0 Å². The van der Waals surface area contributed by atoms with Gasteiger partial charge in [0.25, 0.3) is 5.91 Å². The summed E-state index contributed by atoms with van der Waals surface area (Å²) in [4.78, 5) is 14.8. The average molecular weight is 343 g/mol. The first kappa shape index (κ1) is 17.8. The van der Waals surface area contributed by atoms with Gasteiger partial charge in [-0.3, -0.25) is 4.79 Å². The zero-order chi connectivity index (χ0) is 15.5. The number of hydrogen-bond acceptors (Lipinski definition) is 5. The highest BCUT2D eigenvalue weighted by Gasteiger charge is 2.33. The number of amides is 1. The monoisotopic (exact) mass is 342 g/mol. The first-order chi connectivity index (χ1) is 10.7. The maximum absolute atomic E-state index is 12.9. The molecule has 0 radical (unpaired) electrons. The molecular formula is C16H23ClN2O4. The molecule has 2 heterocycles. The fraction of sp³-hybridized carbons (Fsp3) is 0.562. The minimum atomic E-state index is -0.0487. The normalized spacial score (nSPS) is 23.1. The molecule has 2 aliphatic heterocycles. The molecule has 1 amide bonds. The van der Waals surface area contributed by atoms with Crippen molar-refractivity contribution >= 4 is 18.3 Å². The van der Waals surface area contributed by atoms with E-state index >= 15 is 0 Å². The smallest absolute Gasteiger partial charge is 0.258 e. The van der Waals surface area contributed by atoms with Crippen molar-refractivity contribution in [2.45, 2.75) is 25.0 Å². The lowest BCUT2D eigenvalue weighted by Gasteiger charge is -2.38. The fourth-order valence-corrected chi connectivity index (χ4v) is 3.12. The van der Waals surface area contributed by atoms with Gasteiger partial charge in [-0.2, -0.15) is 0 Å². The predicted molar refractivity (Wildman–Crippen MR) is 88.6 cm³/mol. The number of piperidine rings is 1. The molecule has 7 heteroatoms. The molecule has 2 unspecified atom stereocenters. The molecular weight excluding hydrogens is 320 g/mol. The molecule has 0 spiro atoms. The number of carbonyl (C=O) groups excluding carboxylic acids is 1. The zero-order valence-corrected chi connectivity index (χ0v) is 14.0. The quantitative estimate of drug-likeness (QED) is 0.900. The molecule has 0 aliphatic carbocycles. The topological polar surface area (TPSA) is 74.0 Å². The van der Waals surface area contributed by atoms with Crippen molar-refractivity contribution in [3.05, 3.63) is 23.8 Å². The second kappa shape index (κ2) is 7.86. The lowest BCUT2D eigenvalue weighted by Crippen LogP contribution is -2.51. The first-order valence-corrected chi connectivity index (χ1v) is 7.67. The van der Waals surface area contributed by atoms with Gasteiger partial charge in [0.05, 0.1) is 11.7 Å². The number of carbonyl (C=O) groups is 1. The van der Waals surface area contributed by atoms with Crippen molar-refractivity contribution in [2.24, 2.45) is 5.73 Å². The van der Waals surface area contributed by atoms with Gasteiger partial charge in [-0.25, -0.2) is 0 Å². The van der Waals surface area contributed by atoms with E-state index < -0.39 is 0 Å². The third-order valence-electron chi connectivity index (χ3n) is 4.33. The van der Waals surface area contributed by atoms with Gasteiger partial charge in [-0.05, 0) is 25.0 Å². The number of fused-ring (bicyclic) bond motifs is 1. The van der Waals surface area contributed by atoms with Crippen LogP contribution in [0.25, 0.3) is 0 Å². The Morgan fingerprint density at radius 3 is 2.91 bits per heavy atom. The van der Waals surface area contributed by atoms with E-state index in [9.17, 15) is 4.79 Å². The summed E-state index contributed by atoms with van der Waals surface area (Å²) in [5.74, 6) is 1.13. The number of methoxy groups -OCH3 is 1. The largest absolute Gasteiger partial charge is 0.486 e. The van der Waals surface area contributed by atoms with E-state index in [1.165, 1.54) is 0 Å². The van der Waals surface area contributed by atoms with E-state index in [1.54, 1.807) is 13.2 Å². The molecule has 0 aromatic heterocycles. The Morgan fingerprint density at radius 1 is 1.39 bits per heavy atom. The molecule has 2 N–H and O–H groups in total. The van der Waals surface area contributed by atoms with Crippen molar-refractivity contribution in [2.75, 3.05) is 33.4 Å². The molecule has 1 aromatic rings. The van der Waals surface area contributed by atoms with Gasteiger partial charge in [-0.15, -0.1) is 12.4 Å². The maximum atomic E-state index is 12.9. The second-order valence-corrected chi connectivity index (χ2v) is 5.60. The number of likely N-dealkylation sites (tertiary alicyclic amines) is 1. The van der Waals surface area contributed by atoms with Crippen LogP contribution < -0.4 is 15.2 Å². The Kier molecular flexibility index (Phi) is 6.10. The third-order valence-corrected chi connectivity index (χ3v) is 4.33. The lowest BCUT2D eigenvalue weighted by atomic mass is 9.98. The number of rotatable bonds is 3. The van der Waals surface area contributed by atoms with Crippen LogP contribution in [-0.4, -0.2) is 56.4 Å². The highest BCUT2D eigenvalue weighted by Crippen LogP contribution is 2.35. The molecule has 2 atom stereocenters. The molecule has 6 nitrogen and oxygen atoms in total. The molecule has 128 valence electrons. The van der Waals surface area contributed by atoms with Crippen LogP contribution in [-0.2, 0) is 4.74 Å². The summed E-state index contributed by atoms with van der Waals surface area (Å²) >= 11 is 0. The van der Waals surface area contributed by atoms with E-state index in [1.807, 2.05) is 17.0 Å². The lowest BCUT2D eigenvalue weighted by molar-refractivity contribution is 0.0136. The summed E-state index contributed by atoms with van der Waals surface area (Å²) in [6.07, 6.45) is 1.76. The summed E-state index contributed by atoms with van der Waals surface area (Å²) in [5, 5.41) is 0. The summed E-state index contributed by atoms with van der Waals surface area (Å²) < 4.78 is 16.6. The number of nitrogens with two attached hydrogens (primary N) is 1. The van der Waals surface area contributed by atoms with E-state index in [4.69, 9.17) is 19.9 Å². The highest BCUT2D eigenvalue weighted by atomic mass is 35.5. The number of nitrogens with zero attached hydrogens (tertiary/aromatic N) is 1. The number of hydrogen-bond donors (Lipinski definition) is 1. The first-order valence-electron chi connectivity index (χ1n) is 7.67. The van der Waals surface area contributed by atoms with Crippen LogP contribution in [0.4, 0.5) is 0 Å². The molecule has 0 bridgehead atoms. The highest BCUT2D eigenvalue weighted by molar-refractivity contribution is 5.98. The van der Waals surface area contributed by atoms with E-state index in [0.29, 0.717) is 43.4 Å². The van der Waals surface area contributed by atoms with Crippen LogP contribution in [0.5, 0.6) is 11.5 Å². The number of benzene rings is 1. The molecule has 23 heavy (non-hydrogen) atoms. The fourth-order valence-electron chi connectivity index (χ4n) is 3.12. The summed E-state index contributed by atoms with van der Waals surface area (Å²) in [6, 6.07) is 5.42. The second-order valence-electron chi connectivity index (χ2n) is 5.60. The summed E-state index contributed by atoms with van der Waals surface area (Å²) in [6.45, 7) is 2.04. The third kappa shape index (κ3) is 3.54. The summed E-state index contributed by atoms with van der Waals surface area (Å²) in [5.41, 5.74) is 6.41. The van der Waals surface area contributed by atoms with Crippen LogP contribution in [0.1, 0.15) is 23.2 Å². The van der Waals surface area contributed by atoms with Crippen LogP contribution in [0.2, 0.25) is 0 Å². The van der Waals surface area contributed by atoms with E-state index in [-0.39, 0.29) is 30.5 Å². The van der Waals surface area contributed by atoms with Gasteiger partial charge in [0.15, 0.2) is 11.5 Å². The zero-order valence-electron chi connectivity index (χ0n) is 13.2. The van der Waals surface area contributed by atoms with Crippen LogP contribution in [0.15, 0.2) is 18.2 Å². The number of ether oxygens (including phenoxy) is 3. The molecule has 3 rings (SSSR count). The molecule has 1 aromatic carbocycles. The maximum Gasteiger partial charge on any atom is 0.258 e. The van der Waals surface area contributed by atoms with Crippen molar-refractivity contribution in [1.82, 2.24) is 4.90 Å². The van der Waals surface area contributed by atoms with Crippen molar-refractivity contribution < 1.29 is 19.0 Å². The van der Waals surface area contributed by atoms with Crippen LogP contribution >= 0.6 is 12.4 Å². The number of halogens is 1. The molecule has 1 fully saturated rings. The number of para-hydroxylation sites is 1. The predicted octanol–water partition coefficient (Wildman–Crippen LogP) is 1.46. The van der Waals surface area contributed by atoms with E-state index in [0.717, 1.165) is 12.8 Å². The summed E-state index contributed by atoms with van der Waals surface area (Å²) in [7, 11) is 1.70. The molecule has 2 aliphatic rings. The van der Waals surface area contributed by atoms with Gasteiger partial charge >= 0.3 is 0 Å².